The molecule has 1 aliphatic heterocycles. The van der Waals surface area contributed by atoms with E-state index in [9.17, 15) is 14.7 Å². The lowest BCUT2D eigenvalue weighted by molar-refractivity contribution is 0.111. The first-order chi connectivity index (χ1) is 18.1. The van der Waals surface area contributed by atoms with Crippen molar-refractivity contribution in [3.05, 3.63) is 34.6 Å². The highest BCUT2D eigenvalue weighted by Gasteiger charge is 2.32. The molecule has 0 aliphatic carbocycles. The van der Waals surface area contributed by atoms with E-state index >= 15 is 0 Å². The Kier molecular flexibility index (Phi) is 8.15. The number of hydrogen-bond acceptors (Lipinski definition) is 10. The van der Waals surface area contributed by atoms with Crippen LogP contribution in [0.3, 0.4) is 0 Å². The molecule has 2 aromatic heterocycles. The Morgan fingerprint density at radius 1 is 1.26 bits per heavy atom. The smallest absolute Gasteiger partial charge is 0.407 e. The number of anilines is 3. The number of aromatic nitrogens is 4. The highest BCUT2D eigenvalue weighted by Crippen LogP contribution is 2.30. The number of nitrogens with one attached hydrogen (secondary N) is 2. The van der Waals surface area contributed by atoms with Crippen LogP contribution in [-0.4, -0.2) is 81.5 Å². The van der Waals surface area contributed by atoms with Crippen molar-refractivity contribution in [2.45, 2.75) is 39.3 Å². The summed E-state index contributed by atoms with van der Waals surface area (Å²) in [5, 5.41) is 12.9. The van der Waals surface area contributed by atoms with Crippen molar-refractivity contribution in [3.63, 3.8) is 0 Å². The van der Waals surface area contributed by atoms with Crippen molar-refractivity contribution in [1.82, 2.24) is 24.8 Å². The van der Waals surface area contributed by atoms with E-state index in [1.54, 1.807) is 31.4 Å². The van der Waals surface area contributed by atoms with Gasteiger partial charge in [-0.25, -0.2) is 9.78 Å². The van der Waals surface area contributed by atoms with Crippen LogP contribution < -0.4 is 26.2 Å². The summed E-state index contributed by atoms with van der Waals surface area (Å²) in [6, 6.07) is 6.60. The van der Waals surface area contributed by atoms with E-state index in [1.165, 1.54) is 4.90 Å². The van der Waals surface area contributed by atoms with Crippen molar-refractivity contribution in [2.75, 3.05) is 49.3 Å². The lowest BCUT2D eigenvalue weighted by Gasteiger charge is -2.41. The summed E-state index contributed by atoms with van der Waals surface area (Å²) in [6.07, 6.45) is -0.187. The number of amides is 1. The molecule has 0 radical (unpaired) electrons. The third kappa shape index (κ3) is 6.22. The second-order valence-electron chi connectivity index (χ2n) is 9.80. The molecule has 2 atom stereocenters. The molecule has 38 heavy (non-hydrogen) atoms. The number of carboxylic acid groups (broad SMARTS) is 1. The molecule has 0 unspecified atom stereocenters. The number of fused-ring (bicyclic) bond motifs is 1. The lowest BCUT2D eigenvalue weighted by Crippen LogP contribution is -2.55. The van der Waals surface area contributed by atoms with Gasteiger partial charge in [0.2, 0.25) is 11.8 Å². The van der Waals surface area contributed by atoms with Gasteiger partial charge in [-0.2, -0.15) is 9.97 Å². The number of carbonyl (C=O) groups is 1. The zero-order valence-electron chi connectivity index (χ0n) is 22.0. The minimum Gasteiger partial charge on any atom is -0.465 e. The quantitative estimate of drug-likeness (QED) is 0.323. The molecule has 4 rings (SSSR count). The molecule has 204 valence electrons. The summed E-state index contributed by atoms with van der Waals surface area (Å²) in [5.74, 6) is 1.71. The van der Waals surface area contributed by atoms with Crippen molar-refractivity contribution in [1.29, 1.82) is 0 Å². The fourth-order valence-corrected chi connectivity index (χ4v) is 4.56. The zero-order valence-corrected chi connectivity index (χ0v) is 22.0. The maximum absolute atomic E-state index is 11.9. The Morgan fingerprint density at radius 2 is 2.05 bits per heavy atom. The fraction of sp³-hybridized carbons (Fsp3) is 0.480. The molecule has 0 bridgehead atoms. The zero-order chi connectivity index (χ0) is 27.4. The number of nitrogens with two attached hydrogens (primary N) is 1. The van der Waals surface area contributed by atoms with Crippen LogP contribution in [0.5, 0.6) is 11.6 Å². The maximum Gasteiger partial charge on any atom is 0.407 e. The molecule has 13 heteroatoms. The number of benzene rings is 1. The number of H-pyrrole nitrogens is 1. The Balaban J connectivity index is 1.70. The molecule has 0 saturated carbocycles. The van der Waals surface area contributed by atoms with E-state index in [0.717, 1.165) is 6.42 Å². The van der Waals surface area contributed by atoms with E-state index in [0.29, 0.717) is 60.7 Å². The number of piperazine rings is 1. The van der Waals surface area contributed by atoms with Gasteiger partial charge in [0, 0.05) is 38.9 Å². The topological polar surface area (TPSA) is 172 Å². The maximum atomic E-state index is 11.9. The summed E-state index contributed by atoms with van der Waals surface area (Å²) in [5.41, 5.74) is 6.13. The van der Waals surface area contributed by atoms with Gasteiger partial charge in [0.05, 0.1) is 18.2 Å². The summed E-state index contributed by atoms with van der Waals surface area (Å²) in [4.78, 5) is 43.4. The van der Waals surface area contributed by atoms with Gasteiger partial charge < -0.3 is 40.4 Å². The molecule has 1 saturated heterocycles. The normalized spacial score (nSPS) is 16.6. The van der Waals surface area contributed by atoms with Crippen LogP contribution in [0, 0.1) is 5.92 Å². The van der Waals surface area contributed by atoms with E-state index in [1.807, 2.05) is 11.8 Å². The average molecular weight is 527 g/mol. The minimum absolute atomic E-state index is 0.0789. The Morgan fingerprint density at radius 3 is 2.76 bits per heavy atom. The lowest BCUT2D eigenvalue weighted by atomic mass is 10.0. The first kappa shape index (κ1) is 26.9. The van der Waals surface area contributed by atoms with Crippen LogP contribution in [0.15, 0.2) is 29.1 Å². The van der Waals surface area contributed by atoms with Gasteiger partial charge in [-0.3, -0.25) is 4.79 Å². The number of rotatable bonds is 9. The van der Waals surface area contributed by atoms with Crippen molar-refractivity contribution in [3.8, 4) is 11.6 Å². The fourth-order valence-electron chi connectivity index (χ4n) is 4.56. The van der Waals surface area contributed by atoms with Crippen molar-refractivity contribution < 1.29 is 19.4 Å². The first-order valence-electron chi connectivity index (χ1n) is 12.5. The van der Waals surface area contributed by atoms with Crippen LogP contribution in [0.4, 0.5) is 22.4 Å². The van der Waals surface area contributed by atoms with Crippen LogP contribution in [0.25, 0.3) is 11.0 Å². The summed E-state index contributed by atoms with van der Waals surface area (Å²) in [6.45, 7) is 7.85. The van der Waals surface area contributed by atoms with E-state index in [-0.39, 0.29) is 23.8 Å². The van der Waals surface area contributed by atoms with Gasteiger partial charge in [-0.15, -0.1) is 0 Å². The van der Waals surface area contributed by atoms with Gasteiger partial charge in [-0.1, -0.05) is 19.9 Å². The summed E-state index contributed by atoms with van der Waals surface area (Å²) < 4.78 is 11.4. The van der Waals surface area contributed by atoms with Gasteiger partial charge in [0.1, 0.15) is 11.3 Å². The third-order valence-electron chi connectivity index (χ3n) is 6.20. The van der Waals surface area contributed by atoms with E-state index in [4.69, 9.17) is 20.2 Å². The molecule has 5 N–H and O–H groups in total. The van der Waals surface area contributed by atoms with Crippen molar-refractivity contribution in [2.24, 2.45) is 5.92 Å². The molecular weight excluding hydrogens is 492 g/mol. The molecule has 1 aromatic carbocycles. The van der Waals surface area contributed by atoms with Crippen LogP contribution in [0.2, 0.25) is 0 Å². The summed E-state index contributed by atoms with van der Waals surface area (Å²) in [7, 11) is 1.62. The largest absolute Gasteiger partial charge is 0.465 e. The highest BCUT2D eigenvalue weighted by molar-refractivity contribution is 5.82. The number of ether oxygens (including phenoxy) is 2. The predicted octanol–water partition coefficient (Wildman–Crippen LogP) is 2.75. The van der Waals surface area contributed by atoms with Crippen molar-refractivity contribution >= 4 is 34.7 Å². The minimum atomic E-state index is -0.918. The third-order valence-corrected chi connectivity index (χ3v) is 6.20. The first-order valence-corrected chi connectivity index (χ1v) is 12.5. The van der Waals surface area contributed by atoms with E-state index in [2.05, 4.69) is 34.1 Å². The summed E-state index contributed by atoms with van der Waals surface area (Å²) >= 11 is 0. The van der Waals surface area contributed by atoms with Gasteiger partial charge in [0.25, 0.3) is 5.56 Å². The number of methoxy groups -OCH3 is 1. The number of hydrogen-bond donors (Lipinski definition) is 4. The standard InChI is InChI=1S/C25H34N8O5/c1-14(2)10-16-12-32(8-9-33(16)25(35)36)19-11-20(30-24(29-19)27-15(3)13-37-4)38-18-7-5-6-17-21(18)31-22(26)23(34)28-17/h5-7,11,14-16H,8-10,12-13H2,1-4H3,(H2,26,31)(H,28,34)(H,35,36)(H,27,29,30)/t15-,16-/m0/s1. The monoisotopic (exact) mass is 526 g/mol. The molecule has 1 aliphatic rings. The molecule has 1 amide bonds. The molecular formula is C25H34N8O5. The van der Waals surface area contributed by atoms with Crippen LogP contribution in [-0.2, 0) is 4.74 Å². The Bertz CT molecular complexity index is 1350. The van der Waals surface area contributed by atoms with Gasteiger partial charge >= 0.3 is 6.09 Å². The second-order valence-corrected chi connectivity index (χ2v) is 9.80. The second kappa shape index (κ2) is 11.5. The van der Waals surface area contributed by atoms with E-state index < -0.39 is 11.7 Å². The van der Waals surface area contributed by atoms with Gasteiger partial charge in [0.15, 0.2) is 11.6 Å². The number of nitrogens with zero attached hydrogens (tertiary/aromatic N) is 5. The Labute approximate surface area is 220 Å². The molecule has 13 nitrogen and oxygen atoms in total. The molecule has 3 heterocycles. The molecule has 0 spiro atoms. The number of nitrogen functional groups attached to an aromatic ring is 1. The average Bonchev–Trinajstić information content (AvgIpc) is 2.84. The highest BCUT2D eigenvalue weighted by atomic mass is 16.5. The number of aromatic amines is 1. The van der Waals surface area contributed by atoms with Gasteiger partial charge in [-0.05, 0) is 31.4 Å². The SMILES string of the molecule is COC[C@H](C)Nc1nc(Oc2cccc3[nH]c(=O)c(N)nc23)cc(N2CCN(C(=O)O)[C@@H](CC(C)C)C2)n1. The van der Waals surface area contributed by atoms with Crippen LogP contribution in [0.1, 0.15) is 27.2 Å². The molecule has 1 fully saturated rings. The Hall–Kier alpha value is -4.13. The van der Waals surface area contributed by atoms with Crippen LogP contribution >= 0.6 is 0 Å². The predicted molar refractivity (Wildman–Crippen MR) is 144 cm³/mol. The number of para-hydroxylation sites is 1. The molecule has 3 aromatic rings.